The summed E-state index contributed by atoms with van der Waals surface area (Å²) in [7, 11) is 0. The van der Waals surface area contributed by atoms with E-state index in [0.717, 1.165) is 5.01 Å². The molecule has 0 aliphatic carbocycles. The summed E-state index contributed by atoms with van der Waals surface area (Å²) >= 11 is 1.46. The van der Waals surface area contributed by atoms with E-state index in [-0.39, 0.29) is 6.04 Å². The van der Waals surface area contributed by atoms with Crippen LogP contribution < -0.4 is 10.6 Å². The molecule has 0 saturated carbocycles. The summed E-state index contributed by atoms with van der Waals surface area (Å²) in [6, 6.07) is -1.53. The average molecular weight is 271 g/mol. The number of carbonyl (C=O) groups is 2. The monoisotopic (exact) mass is 271 g/mol. The Morgan fingerprint density at radius 2 is 2.11 bits per heavy atom. The van der Waals surface area contributed by atoms with E-state index < -0.39 is 18.0 Å². The van der Waals surface area contributed by atoms with Crippen LogP contribution in [-0.4, -0.2) is 28.1 Å². The van der Waals surface area contributed by atoms with E-state index in [1.165, 1.54) is 11.3 Å². The third-order valence-corrected chi connectivity index (χ3v) is 3.36. The van der Waals surface area contributed by atoms with Crippen molar-refractivity contribution in [1.29, 1.82) is 0 Å². The van der Waals surface area contributed by atoms with Gasteiger partial charge in [-0.1, -0.05) is 13.8 Å². The Morgan fingerprint density at radius 3 is 2.56 bits per heavy atom. The van der Waals surface area contributed by atoms with E-state index in [9.17, 15) is 9.59 Å². The van der Waals surface area contributed by atoms with E-state index in [4.69, 9.17) is 5.11 Å². The number of carboxylic acid groups (broad SMARTS) is 1. The van der Waals surface area contributed by atoms with Gasteiger partial charge < -0.3 is 15.7 Å². The van der Waals surface area contributed by atoms with Gasteiger partial charge in [-0.05, 0) is 12.8 Å². The van der Waals surface area contributed by atoms with Crippen molar-refractivity contribution >= 4 is 23.3 Å². The molecule has 7 heteroatoms. The van der Waals surface area contributed by atoms with Crippen LogP contribution in [0, 0.1) is 0 Å². The van der Waals surface area contributed by atoms with E-state index in [1.807, 2.05) is 12.3 Å². The van der Waals surface area contributed by atoms with Gasteiger partial charge in [0.15, 0.2) is 0 Å². The molecule has 0 aromatic carbocycles. The molecule has 0 aliphatic heterocycles. The van der Waals surface area contributed by atoms with Crippen molar-refractivity contribution in [3.05, 3.63) is 16.6 Å². The summed E-state index contributed by atoms with van der Waals surface area (Å²) in [6.07, 6.45) is 2.72. The molecule has 18 heavy (non-hydrogen) atoms. The van der Waals surface area contributed by atoms with Crippen molar-refractivity contribution in [2.24, 2.45) is 0 Å². The molecule has 0 aliphatic rings. The van der Waals surface area contributed by atoms with Crippen molar-refractivity contribution in [3.63, 3.8) is 0 Å². The zero-order valence-corrected chi connectivity index (χ0v) is 11.2. The van der Waals surface area contributed by atoms with Gasteiger partial charge in [0, 0.05) is 11.6 Å². The predicted octanol–water partition coefficient (Wildman–Crippen LogP) is 1.76. The third-order valence-electron chi connectivity index (χ3n) is 2.47. The Balaban J connectivity index is 2.55. The second-order valence-corrected chi connectivity index (χ2v) is 4.67. The van der Waals surface area contributed by atoms with E-state index in [2.05, 4.69) is 15.6 Å². The van der Waals surface area contributed by atoms with Gasteiger partial charge >= 0.3 is 12.0 Å². The van der Waals surface area contributed by atoms with Crippen molar-refractivity contribution in [1.82, 2.24) is 15.6 Å². The number of amides is 2. The lowest BCUT2D eigenvalue weighted by atomic mass is 10.2. The lowest BCUT2D eigenvalue weighted by molar-refractivity contribution is -0.139. The molecule has 2 amide bonds. The normalized spacial score (nSPS) is 13.7. The van der Waals surface area contributed by atoms with Gasteiger partial charge in [0.2, 0.25) is 0 Å². The summed E-state index contributed by atoms with van der Waals surface area (Å²) in [5.74, 6) is -1.03. The van der Waals surface area contributed by atoms with Crippen LogP contribution in [0.25, 0.3) is 0 Å². The first-order chi connectivity index (χ1) is 8.58. The molecule has 1 aromatic heterocycles. The topological polar surface area (TPSA) is 91.3 Å². The standard InChI is InChI=1S/C11H17N3O3S/c1-3-7(9-12-5-6-18-9)13-11(17)14-8(4-2)10(15)16/h5-8H,3-4H2,1-2H3,(H,15,16)(H2,13,14,17)/t7?,8-/m1/s1. The van der Waals surface area contributed by atoms with Crippen LogP contribution in [0.2, 0.25) is 0 Å². The number of urea groups is 1. The van der Waals surface area contributed by atoms with Gasteiger partial charge in [-0.15, -0.1) is 11.3 Å². The van der Waals surface area contributed by atoms with Crippen molar-refractivity contribution in [2.45, 2.75) is 38.8 Å². The van der Waals surface area contributed by atoms with Gasteiger partial charge in [-0.25, -0.2) is 14.6 Å². The first-order valence-corrected chi connectivity index (χ1v) is 6.65. The lowest BCUT2D eigenvalue weighted by Crippen LogP contribution is -2.46. The molecule has 1 unspecified atom stereocenters. The molecular formula is C11H17N3O3S. The molecule has 6 nitrogen and oxygen atoms in total. The fourth-order valence-electron chi connectivity index (χ4n) is 1.44. The number of nitrogens with one attached hydrogen (secondary N) is 2. The number of thiazole rings is 1. The second kappa shape index (κ2) is 6.95. The summed E-state index contributed by atoms with van der Waals surface area (Å²) in [5, 5.41) is 16.6. The van der Waals surface area contributed by atoms with Crippen molar-refractivity contribution < 1.29 is 14.7 Å². The highest BCUT2D eigenvalue weighted by Crippen LogP contribution is 2.18. The number of hydrogen-bond acceptors (Lipinski definition) is 4. The molecule has 0 fully saturated rings. The highest BCUT2D eigenvalue weighted by atomic mass is 32.1. The van der Waals surface area contributed by atoms with Gasteiger partial charge in [0.25, 0.3) is 0 Å². The zero-order chi connectivity index (χ0) is 13.5. The molecule has 0 spiro atoms. The van der Waals surface area contributed by atoms with E-state index in [1.54, 1.807) is 13.1 Å². The average Bonchev–Trinajstić information content (AvgIpc) is 2.86. The van der Waals surface area contributed by atoms with Crippen LogP contribution in [0.3, 0.4) is 0 Å². The van der Waals surface area contributed by atoms with Gasteiger partial charge in [-0.2, -0.15) is 0 Å². The number of carboxylic acids is 1. The van der Waals surface area contributed by atoms with Gasteiger partial charge in [0.1, 0.15) is 11.0 Å². The largest absolute Gasteiger partial charge is 0.480 e. The zero-order valence-electron chi connectivity index (χ0n) is 10.3. The Morgan fingerprint density at radius 1 is 1.39 bits per heavy atom. The van der Waals surface area contributed by atoms with Crippen LogP contribution in [0.4, 0.5) is 4.79 Å². The molecule has 0 saturated heterocycles. The van der Waals surface area contributed by atoms with Gasteiger partial charge in [-0.3, -0.25) is 0 Å². The van der Waals surface area contributed by atoms with Crippen LogP contribution in [-0.2, 0) is 4.79 Å². The highest BCUT2D eigenvalue weighted by Gasteiger charge is 2.20. The second-order valence-electron chi connectivity index (χ2n) is 3.75. The Labute approximate surface area is 109 Å². The maximum atomic E-state index is 11.7. The summed E-state index contributed by atoms with van der Waals surface area (Å²) < 4.78 is 0. The molecule has 1 heterocycles. The van der Waals surface area contributed by atoms with Crippen LogP contribution in [0.15, 0.2) is 11.6 Å². The summed E-state index contributed by atoms with van der Waals surface area (Å²) in [5.41, 5.74) is 0. The van der Waals surface area contributed by atoms with Crippen molar-refractivity contribution in [3.8, 4) is 0 Å². The summed E-state index contributed by atoms with van der Waals surface area (Å²) in [6.45, 7) is 3.64. The molecular weight excluding hydrogens is 254 g/mol. The molecule has 0 radical (unpaired) electrons. The Kier molecular flexibility index (Phi) is 5.57. The molecule has 100 valence electrons. The molecule has 1 aromatic rings. The smallest absolute Gasteiger partial charge is 0.326 e. The number of carbonyl (C=O) groups excluding carboxylic acids is 1. The minimum atomic E-state index is -1.03. The minimum Gasteiger partial charge on any atom is -0.480 e. The predicted molar refractivity (Wildman–Crippen MR) is 68.5 cm³/mol. The first kappa shape index (κ1) is 14.4. The number of rotatable bonds is 6. The molecule has 2 atom stereocenters. The number of hydrogen-bond donors (Lipinski definition) is 3. The molecule has 3 N–H and O–H groups in total. The molecule has 0 bridgehead atoms. The summed E-state index contributed by atoms with van der Waals surface area (Å²) in [4.78, 5) is 26.6. The third kappa shape index (κ3) is 3.99. The fourth-order valence-corrected chi connectivity index (χ4v) is 2.21. The Hall–Kier alpha value is -1.63. The molecule has 1 rings (SSSR count). The fraction of sp³-hybridized carbons (Fsp3) is 0.545. The minimum absolute atomic E-state index is 0.184. The lowest BCUT2D eigenvalue weighted by Gasteiger charge is -2.17. The van der Waals surface area contributed by atoms with Crippen LogP contribution in [0.1, 0.15) is 37.7 Å². The van der Waals surface area contributed by atoms with Crippen molar-refractivity contribution in [2.75, 3.05) is 0 Å². The number of nitrogens with zero attached hydrogens (tertiary/aromatic N) is 1. The van der Waals surface area contributed by atoms with E-state index >= 15 is 0 Å². The number of aromatic nitrogens is 1. The Bertz CT molecular complexity index is 394. The quantitative estimate of drug-likeness (QED) is 0.735. The SMILES string of the molecule is CCC(NC(=O)N[C@H](CC)C(=O)O)c1nccs1. The maximum Gasteiger partial charge on any atom is 0.326 e. The van der Waals surface area contributed by atoms with E-state index in [0.29, 0.717) is 12.8 Å². The van der Waals surface area contributed by atoms with Crippen LogP contribution in [0.5, 0.6) is 0 Å². The maximum absolute atomic E-state index is 11.7. The number of aliphatic carboxylic acids is 1. The first-order valence-electron chi connectivity index (χ1n) is 5.77. The highest BCUT2D eigenvalue weighted by molar-refractivity contribution is 7.09. The van der Waals surface area contributed by atoms with Crippen LogP contribution >= 0.6 is 11.3 Å². The van der Waals surface area contributed by atoms with Gasteiger partial charge in [0.05, 0.1) is 6.04 Å².